The molecule has 0 atom stereocenters. The summed E-state index contributed by atoms with van der Waals surface area (Å²) in [4.78, 5) is 11.0. The van der Waals surface area contributed by atoms with E-state index < -0.39 is 11.8 Å². The van der Waals surface area contributed by atoms with E-state index in [1.165, 1.54) is 25.7 Å². The van der Waals surface area contributed by atoms with Crippen LogP contribution in [0.5, 0.6) is 5.75 Å². The Bertz CT molecular complexity index is 516. The number of allylic oxidation sites excluding steroid dienone is 1. The first-order valence-electron chi connectivity index (χ1n) is 6.90. The summed E-state index contributed by atoms with van der Waals surface area (Å²) in [5, 5.41) is 9.05. The first kappa shape index (κ1) is 14.6. The van der Waals surface area contributed by atoms with Crippen LogP contribution in [-0.2, 0) is 4.79 Å². The van der Waals surface area contributed by atoms with Crippen LogP contribution in [0.4, 0.5) is 4.39 Å². The lowest BCUT2D eigenvalue weighted by Gasteiger charge is -2.24. The van der Waals surface area contributed by atoms with Crippen molar-refractivity contribution in [2.24, 2.45) is 5.92 Å². The molecule has 1 saturated carbocycles. The highest BCUT2D eigenvalue weighted by Crippen LogP contribution is 2.36. The Hall–Kier alpha value is -1.84. The molecule has 0 aliphatic heterocycles. The van der Waals surface area contributed by atoms with E-state index in [2.05, 4.69) is 0 Å². The zero-order chi connectivity index (χ0) is 14.5. The van der Waals surface area contributed by atoms with Crippen LogP contribution in [-0.4, -0.2) is 18.2 Å². The summed E-state index contributed by atoms with van der Waals surface area (Å²) >= 11 is 0. The van der Waals surface area contributed by atoms with Gasteiger partial charge in [-0.2, -0.15) is 0 Å². The van der Waals surface area contributed by atoms with E-state index in [1.54, 1.807) is 12.1 Å². The number of carbonyl (C=O) groups is 1. The lowest BCUT2D eigenvalue weighted by Crippen LogP contribution is -2.10. The van der Waals surface area contributed by atoms with Crippen molar-refractivity contribution in [2.45, 2.75) is 32.1 Å². The standard InChI is InChI=1S/C16H19FO3/c1-20-15-8-7-12(9-14(15)17)13(10-16(18)19)11-5-3-2-4-6-11/h7-11H,2-6H2,1H3,(H,18,19)/b13-10+. The largest absolute Gasteiger partial charge is 0.494 e. The van der Waals surface area contributed by atoms with Crippen molar-refractivity contribution >= 4 is 11.5 Å². The summed E-state index contributed by atoms with van der Waals surface area (Å²) in [7, 11) is 1.41. The Morgan fingerprint density at radius 1 is 1.35 bits per heavy atom. The van der Waals surface area contributed by atoms with Gasteiger partial charge >= 0.3 is 5.97 Å². The SMILES string of the molecule is COc1ccc(/C(=C/C(=O)O)C2CCCCC2)cc1F. The van der Waals surface area contributed by atoms with Crippen LogP contribution >= 0.6 is 0 Å². The topological polar surface area (TPSA) is 46.5 Å². The van der Waals surface area contributed by atoms with Crippen molar-refractivity contribution in [3.05, 3.63) is 35.7 Å². The zero-order valence-electron chi connectivity index (χ0n) is 11.6. The minimum Gasteiger partial charge on any atom is -0.494 e. The molecule has 2 rings (SSSR count). The van der Waals surface area contributed by atoms with Crippen LogP contribution in [0.3, 0.4) is 0 Å². The molecule has 1 fully saturated rings. The molecule has 108 valence electrons. The van der Waals surface area contributed by atoms with Gasteiger partial charge in [0.15, 0.2) is 11.6 Å². The van der Waals surface area contributed by atoms with Gasteiger partial charge < -0.3 is 9.84 Å². The second-order valence-corrected chi connectivity index (χ2v) is 5.12. The van der Waals surface area contributed by atoms with Crippen molar-refractivity contribution < 1.29 is 19.0 Å². The lowest BCUT2D eigenvalue weighted by atomic mass is 9.80. The number of methoxy groups -OCH3 is 1. The van der Waals surface area contributed by atoms with Crippen LogP contribution in [0.1, 0.15) is 37.7 Å². The number of hydrogen-bond acceptors (Lipinski definition) is 2. The van der Waals surface area contributed by atoms with Gasteiger partial charge in [0.1, 0.15) is 0 Å². The van der Waals surface area contributed by atoms with Gasteiger partial charge in [0.2, 0.25) is 0 Å². The summed E-state index contributed by atoms with van der Waals surface area (Å²) in [5.74, 6) is -1.07. The molecule has 1 aromatic carbocycles. The minimum atomic E-state index is -0.984. The van der Waals surface area contributed by atoms with E-state index in [4.69, 9.17) is 9.84 Å². The highest BCUT2D eigenvalue weighted by Gasteiger charge is 2.21. The molecule has 0 bridgehead atoms. The molecule has 1 aliphatic rings. The van der Waals surface area contributed by atoms with Gasteiger partial charge in [-0.15, -0.1) is 0 Å². The van der Waals surface area contributed by atoms with Gasteiger partial charge in [-0.25, -0.2) is 9.18 Å². The van der Waals surface area contributed by atoms with Gasteiger partial charge in [0.05, 0.1) is 7.11 Å². The Morgan fingerprint density at radius 3 is 2.60 bits per heavy atom. The normalized spacial score (nSPS) is 17.0. The fourth-order valence-corrected chi connectivity index (χ4v) is 2.83. The van der Waals surface area contributed by atoms with Gasteiger partial charge in [0.25, 0.3) is 0 Å². The monoisotopic (exact) mass is 278 g/mol. The average Bonchev–Trinajstić information content (AvgIpc) is 2.45. The second-order valence-electron chi connectivity index (χ2n) is 5.12. The molecule has 1 aliphatic carbocycles. The van der Waals surface area contributed by atoms with E-state index in [9.17, 15) is 9.18 Å². The molecule has 1 N–H and O–H groups in total. The Balaban J connectivity index is 2.35. The van der Waals surface area contributed by atoms with Crippen molar-refractivity contribution in [3.63, 3.8) is 0 Å². The molecule has 20 heavy (non-hydrogen) atoms. The lowest BCUT2D eigenvalue weighted by molar-refractivity contribution is -0.131. The quantitative estimate of drug-likeness (QED) is 0.850. The number of ether oxygens (including phenoxy) is 1. The first-order valence-corrected chi connectivity index (χ1v) is 6.90. The highest BCUT2D eigenvalue weighted by atomic mass is 19.1. The summed E-state index contributed by atoms with van der Waals surface area (Å²) in [5.41, 5.74) is 1.36. The van der Waals surface area contributed by atoms with E-state index in [1.807, 2.05) is 0 Å². The Morgan fingerprint density at radius 2 is 2.05 bits per heavy atom. The first-order chi connectivity index (χ1) is 9.61. The number of halogens is 1. The number of aliphatic carboxylic acids is 1. The molecule has 3 nitrogen and oxygen atoms in total. The molecule has 0 heterocycles. The van der Waals surface area contributed by atoms with Crippen LogP contribution in [0.25, 0.3) is 5.57 Å². The van der Waals surface area contributed by atoms with Crippen LogP contribution < -0.4 is 4.74 Å². The number of carboxylic acid groups (broad SMARTS) is 1. The van der Waals surface area contributed by atoms with E-state index in [-0.39, 0.29) is 11.7 Å². The van der Waals surface area contributed by atoms with Crippen molar-refractivity contribution in [3.8, 4) is 5.75 Å². The third-order valence-corrected chi connectivity index (χ3v) is 3.81. The van der Waals surface area contributed by atoms with E-state index in [0.717, 1.165) is 31.3 Å². The maximum atomic E-state index is 13.8. The summed E-state index contributed by atoms with van der Waals surface area (Å²) < 4.78 is 18.7. The van der Waals surface area contributed by atoms with Gasteiger partial charge in [-0.1, -0.05) is 25.3 Å². The fraction of sp³-hybridized carbons (Fsp3) is 0.438. The number of benzene rings is 1. The third-order valence-electron chi connectivity index (χ3n) is 3.81. The number of carboxylic acids is 1. The average molecular weight is 278 g/mol. The predicted octanol–water partition coefficient (Wildman–Crippen LogP) is 3.88. The molecule has 4 heteroatoms. The molecular formula is C16H19FO3. The Kier molecular flexibility index (Phi) is 4.77. The smallest absolute Gasteiger partial charge is 0.328 e. The van der Waals surface area contributed by atoms with Crippen LogP contribution in [0, 0.1) is 11.7 Å². The molecule has 0 unspecified atom stereocenters. The minimum absolute atomic E-state index is 0.173. The molecule has 0 radical (unpaired) electrons. The maximum absolute atomic E-state index is 13.8. The zero-order valence-corrected chi connectivity index (χ0v) is 11.6. The van der Waals surface area contributed by atoms with Crippen LogP contribution in [0.2, 0.25) is 0 Å². The van der Waals surface area contributed by atoms with E-state index >= 15 is 0 Å². The van der Waals surface area contributed by atoms with Crippen LogP contribution in [0.15, 0.2) is 24.3 Å². The Labute approximate surface area is 118 Å². The summed E-state index contributed by atoms with van der Waals surface area (Å²) in [6.07, 6.45) is 6.53. The molecule has 1 aromatic rings. The van der Waals surface area contributed by atoms with E-state index in [0.29, 0.717) is 5.56 Å². The molecule has 0 spiro atoms. The maximum Gasteiger partial charge on any atom is 0.328 e. The van der Waals surface area contributed by atoms with Crippen molar-refractivity contribution in [1.82, 2.24) is 0 Å². The molecular weight excluding hydrogens is 259 g/mol. The van der Waals surface area contributed by atoms with Crippen molar-refractivity contribution in [2.75, 3.05) is 7.11 Å². The van der Waals surface area contributed by atoms with Gasteiger partial charge in [-0.05, 0) is 42.0 Å². The fourth-order valence-electron chi connectivity index (χ4n) is 2.83. The summed E-state index contributed by atoms with van der Waals surface area (Å²) in [6.45, 7) is 0. The number of rotatable bonds is 4. The van der Waals surface area contributed by atoms with Crippen molar-refractivity contribution in [1.29, 1.82) is 0 Å². The highest BCUT2D eigenvalue weighted by molar-refractivity contribution is 5.90. The molecule has 0 amide bonds. The van der Waals surface area contributed by atoms with Gasteiger partial charge in [-0.3, -0.25) is 0 Å². The molecule has 0 aromatic heterocycles. The third kappa shape index (κ3) is 3.38. The number of hydrogen-bond donors (Lipinski definition) is 1. The second kappa shape index (κ2) is 6.55. The molecule has 0 saturated heterocycles. The van der Waals surface area contributed by atoms with Gasteiger partial charge in [0, 0.05) is 6.08 Å². The predicted molar refractivity (Wildman–Crippen MR) is 75.1 cm³/mol. The summed E-state index contributed by atoms with van der Waals surface area (Å²) in [6, 6.07) is 4.64.